The summed E-state index contributed by atoms with van der Waals surface area (Å²) in [7, 11) is -3.90. The SMILES string of the molecule is O=C(c1ccc(NS(=O)(=O)c2cccc3cccnc23)cc1)N1CCN(c2ccc(F)c(F)c2)CC1. The molecule has 0 saturated carbocycles. The van der Waals surface area contributed by atoms with Crippen molar-refractivity contribution in [2.24, 2.45) is 0 Å². The molecule has 0 atom stereocenters. The topological polar surface area (TPSA) is 82.6 Å². The molecule has 1 N–H and O–H groups in total. The van der Waals surface area contributed by atoms with E-state index in [0.29, 0.717) is 54.0 Å². The number of hydrogen-bond acceptors (Lipinski definition) is 5. The number of halogens is 2. The van der Waals surface area contributed by atoms with Crippen molar-refractivity contribution in [3.8, 4) is 0 Å². The molecule has 2 heterocycles. The number of benzene rings is 3. The van der Waals surface area contributed by atoms with Crippen molar-refractivity contribution in [2.45, 2.75) is 4.90 Å². The third-order valence-electron chi connectivity index (χ3n) is 6.10. The van der Waals surface area contributed by atoms with Crippen LogP contribution < -0.4 is 9.62 Å². The van der Waals surface area contributed by atoms with Gasteiger partial charge in [-0.15, -0.1) is 0 Å². The summed E-state index contributed by atoms with van der Waals surface area (Å²) in [6.07, 6.45) is 1.54. The molecule has 1 aliphatic heterocycles. The van der Waals surface area contributed by atoms with Gasteiger partial charge in [-0.25, -0.2) is 17.2 Å². The van der Waals surface area contributed by atoms with Crippen molar-refractivity contribution < 1.29 is 22.0 Å². The molecule has 1 aromatic heterocycles. The van der Waals surface area contributed by atoms with Gasteiger partial charge in [-0.2, -0.15) is 0 Å². The number of nitrogens with one attached hydrogen (secondary N) is 1. The van der Waals surface area contributed by atoms with Crippen LogP contribution in [0.3, 0.4) is 0 Å². The Morgan fingerprint density at radius 1 is 0.861 bits per heavy atom. The molecule has 36 heavy (non-hydrogen) atoms. The van der Waals surface area contributed by atoms with Gasteiger partial charge in [0.25, 0.3) is 15.9 Å². The predicted octanol–water partition coefficient (Wildman–Crippen LogP) is 4.28. The molecule has 7 nitrogen and oxygen atoms in total. The van der Waals surface area contributed by atoms with E-state index in [1.807, 2.05) is 4.90 Å². The maximum absolute atomic E-state index is 13.5. The average molecular weight is 509 g/mol. The highest BCUT2D eigenvalue weighted by Gasteiger charge is 2.23. The molecule has 0 aliphatic carbocycles. The Balaban J connectivity index is 1.25. The third kappa shape index (κ3) is 4.72. The lowest BCUT2D eigenvalue weighted by Crippen LogP contribution is -2.48. The first-order valence-electron chi connectivity index (χ1n) is 11.3. The maximum Gasteiger partial charge on any atom is 0.264 e. The molecule has 1 saturated heterocycles. The van der Waals surface area contributed by atoms with Gasteiger partial charge in [0.2, 0.25) is 0 Å². The Bertz CT molecular complexity index is 1530. The second-order valence-corrected chi connectivity index (χ2v) is 10.0. The summed E-state index contributed by atoms with van der Waals surface area (Å²) in [4.78, 5) is 20.8. The van der Waals surface area contributed by atoms with E-state index in [9.17, 15) is 22.0 Å². The van der Waals surface area contributed by atoms with Crippen LogP contribution in [0.4, 0.5) is 20.2 Å². The lowest BCUT2D eigenvalue weighted by atomic mass is 10.1. The highest BCUT2D eigenvalue weighted by Crippen LogP contribution is 2.24. The summed E-state index contributed by atoms with van der Waals surface area (Å²) in [6.45, 7) is 1.79. The molecule has 4 aromatic rings. The van der Waals surface area contributed by atoms with Crippen molar-refractivity contribution in [1.29, 1.82) is 0 Å². The van der Waals surface area contributed by atoms with Crippen molar-refractivity contribution in [2.75, 3.05) is 35.8 Å². The lowest BCUT2D eigenvalue weighted by molar-refractivity contribution is 0.0747. The van der Waals surface area contributed by atoms with Crippen molar-refractivity contribution in [3.63, 3.8) is 0 Å². The number of aromatic nitrogens is 1. The summed E-state index contributed by atoms with van der Waals surface area (Å²) in [5.74, 6) is -1.99. The van der Waals surface area contributed by atoms with Gasteiger partial charge >= 0.3 is 0 Å². The minimum Gasteiger partial charge on any atom is -0.368 e. The van der Waals surface area contributed by atoms with Gasteiger partial charge in [-0.3, -0.25) is 14.5 Å². The zero-order valence-electron chi connectivity index (χ0n) is 19.1. The minimum absolute atomic E-state index is 0.0691. The summed E-state index contributed by atoms with van der Waals surface area (Å²) >= 11 is 0. The number of carbonyl (C=O) groups is 1. The fourth-order valence-corrected chi connectivity index (χ4v) is 5.46. The van der Waals surface area contributed by atoms with Crippen LogP contribution in [0.1, 0.15) is 10.4 Å². The number of amides is 1. The second-order valence-electron chi connectivity index (χ2n) is 8.39. The lowest BCUT2D eigenvalue weighted by Gasteiger charge is -2.36. The van der Waals surface area contributed by atoms with E-state index >= 15 is 0 Å². The van der Waals surface area contributed by atoms with E-state index in [-0.39, 0.29) is 10.8 Å². The molecule has 1 amide bonds. The van der Waals surface area contributed by atoms with Gasteiger partial charge in [0.1, 0.15) is 4.90 Å². The third-order valence-corrected chi connectivity index (χ3v) is 7.52. The smallest absolute Gasteiger partial charge is 0.264 e. The van der Waals surface area contributed by atoms with Crippen LogP contribution in [0.15, 0.2) is 83.9 Å². The molecule has 0 spiro atoms. The quantitative estimate of drug-likeness (QED) is 0.435. The number of piperazine rings is 1. The monoisotopic (exact) mass is 508 g/mol. The van der Waals surface area contributed by atoms with E-state index in [1.165, 1.54) is 12.1 Å². The summed E-state index contributed by atoms with van der Waals surface area (Å²) < 4.78 is 55.3. The number of pyridine rings is 1. The minimum atomic E-state index is -3.90. The van der Waals surface area contributed by atoms with Gasteiger partial charge in [-0.05, 0) is 48.5 Å². The van der Waals surface area contributed by atoms with Crippen LogP contribution in [0.2, 0.25) is 0 Å². The van der Waals surface area contributed by atoms with Gasteiger partial charge in [0.15, 0.2) is 11.6 Å². The summed E-state index contributed by atoms with van der Waals surface area (Å²) in [5.41, 5.74) is 1.69. The van der Waals surface area contributed by atoms with Crippen LogP contribution in [-0.2, 0) is 10.0 Å². The van der Waals surface area contributed by atoms with Crippen LogP contribution in [0.25, 0.3) is 10.9 Å². The molecule has 1 fully saturated rings. The molecule has 0 radical (unpaired) electrons. The zero-order valence-corrected chi connectivity index (χ0v) is 19.9. The zero-order chi connectivity index (χ0) is 25.3. The number of nitrogens with zero attached hydrogens (tertiary/aromatic N) is 3. The molecular weight excluding hydrogens is 486 g/mol. The molecule has 10 heteroatoms. The number of fused-ring (bicyclic) bond motifs is 1. The molecule has 1 aliphatic rings. The van der Waals surface area contributed by atoms with E-state index in [4.69, 9.17) is 0 Å². The Morgan fingerprint density at radius 2 is 1.58 bits per heavy atom. The van der Waals surface area contributed by atoms with E-state index < -0.39 is 21.7 Å². The molecule has 0 unspecified atom stereocenters. The van der Waals surface area contributed by atoms with E-state index in [0.717, 1.165) is 12.1 Å². The van der Waals surface area contributed by atoms with E-state index in [1.54, 1.807) is 59.6 Å². The first kappa shape index (κ1) is 23.7. The highest BCUT2D eigenvalue weighted by molar-refractivity contribution is 7.93. The first-order valence-corrected chi connectivity index (χ1v) is 12.8. The van der Waals surface area contributed by atoms with Crippen LogP contribution in [0, 0.1) is 11.6 Å². The number of para-hydroxylation sites is 1. The Labute approximate surface area is 207 Å². The molecule has 0 bridgehead atoms. The number of sulfonamides is 1. The average Bonchev–Trinajstić information content (AvgIpc) is 2.90. The van der Waals surface area contributed by atoms with Crippen LogP contribution >= 0.6 is 0 Å². The molecule has 5 rings (SSSR count). The van der Waals surface area contributed by atoms with Crippen molar-refractivity contribution in [1.82, 2.24) is 9.88 Å². The molecular formula is C26H22F2N4O3S. The van der Waals surface area contributed by atoms with Crippen LogP contribution in [-0.4, -0.2) is 50.4 Å². The normalized spacial score (nSPS) is 14.2. The fraction of sp³-hybridized carbons (Fsp3) is 0.154. The summed E-state index contributed by atoms with van der Waals surface area (Å²) in [5, 5.41) is 0.714. The van der Waals surface area contributed by atoms with Crippen molar-refractivity contribution >= 4 is 38.2 Å². The summed E-state index contributed by atoms with van der Waals surface area (Å²) in [6, 6.07) is 18.5. The standard InChI is InChI=1S/C26H22F2N4O3S/c27-22-11-10-21(17-23(22)28)31-13-15-32(16-14-31)26(33)19-6-8-20(9-7-19)30-36(34,35)24-5-1-3-18-4-2-12-29-25(18)24/h1-12,17,30H,13-16H2. The fourth-order valence-electron chi connectivity index (χ4n) is 4.22. The highest BCUT2D eigenvalue weighted by atomic mass is 32.2. The Hall–Kier alpha value is -4.05. The van der Waals surface area contributed by atoms with Gasteiger partial charge in [0, 0.05) is 60.8 Å². The largest absolute Gasteiger partial charge is 0.368 e. The maximum atomic E-state index is 13.5. The second kappa shape index (κ2) is 9.54. The number of hydrogen-bond donors (Lipinski definition) is 1. The van der Waals surface area contributed by atoms with Gasteiger partial charge in [-0.1, -0.05) is 18.2 Å². The van der Waals surface area contributed by atoms with Gasteiger partial charge < -0.3 is 9.80 Å². The first-order chi connectivity index (χ1) is 17.3. The van der Waals surface area contributed by atoms with Crippen molar-refractivity contribution in [3.05, 3.63) is 96.2 Å². The van der Waals surface area contributed by atoms with E-state index in [2.05, 4.69) is 9.71 Å². The number of rotatable bonds is 5. The number of carbonyl (C=O) groups excluding carboxylic acids is 1. The Kier molecular flexibility index (Phi) is 6.27. The van der Waals surface area contributed by atoms with Crippen LogP contribution in [0.5, 0.6) is 0 Å². The molecule has 184 valence electrons. The van der Waals surface area contributed by atoms with Gasteiger partial charge in [0.05, 0.1) is 5.52 Å². The Morgan fingerprint density at radius 3 is 2.31 bits per heavy atom. The number of anilines is 2. The predicted molar refractivity (Wildman–Crippen MR) is 133 cm³/mol. The molecule has 3 aromatic carbocycles.